The predicted octanol–water partition coefficient (Wildman–Crippen LogP) is 2.64. The number of hydrogen-bond donors (Lipinski definition) is 2. The normalized spacial score (nSPS) is 19.7. The molecule has 0 aliphatic carbocycles. The monoisotopic (exact) mass is 230 g/mol. The van der Waals surface area contributed by atoms with Crippen molar-refractivity contribution in [2.24, 2.45) is 0 Å². The maximum atomic E-state index is 12.1. The fourth-order valence-electron chi connectivity index (χ4n) is 1.12. The van der Waals surface area contributed by atoms with E-state index in [9.17, 15) is 9.46 Å². The maximum absolute atomic E-state index is 12.1. The SMILES string of the molecule is CCC(C)(S)P(=O)(O)c1ccccc1. The van der Waals surface area contributed by atoms with Crippen LogP contribution in [-0.4, -0.2) is 9.38 Å². The van der Waals surface area contributed by atoms with Gasteiger partial charge in [-0.15, -0.1) is 0 Å². The molecule has 1 N–H and O–H groups in total. The summed E-state index contributed by atoms with van der Waals surface area (Å²) in [4.78, 5) is 9.99. The van der Waals surface area contributed by atoms with Crippen molar-refractivity contribution in [1.82, 2.24) is 0 Å². The van der Waals surface area contributed by atoms with Gasteiger partial charge in [0.1, 0.15) is 0 Å². The van der Waals surface area contributed by atoms with Crippen molar-refractivity contribution in [1.29, 1.82) is 0 Å². The minimum absolute atomic E-state index is 0.472. The molecule has 4 heteroatoms. The van der Waals surface area contributed by atoms with Crippen molar-refractivity contribution < 1.29 is 9.46 Å². The van der Waals surface area contributed by atoms with Gasteiger partial charge in [0.25, 0.3) is 0 Å². The number of hydrogen-bond acceptors (Lipinski definition) is 2. The van der Waals surface area contributed by atoms with Gasteiger partial charge in [0, 0.05) is 5.30 Å². The Balaban J connectivity index is 3.15. The fraction of sp³-hybridized carbons (Fsp3) is 0.400. The van der Waals surface area contributed by atoms with Gasteiger partial charge in [-0.25, -0.2) is 0 Å². The van der Waals surface area contributed by atoms with Gasteiger partial charge < -0.3 is 4.89 Å². The Morgan fingerprint density at radius 1 is 1.43 bits per heavy atom. The molecule has 0 bridgehead atoms. The molecule has 2 nitrogen and oxygen atoms in total. The van der Waals surface area contributed by atoms with E-state index in [4.69, 9.17) is 0 Å². The van der Waals surface area contributed by atoms with Crippen LogP contribution in [0.4, 0.5) is 0 Å². The van der Waals surface area contributed by atoms with E-state index >= 15 is 0 Å². The van der Waals surface area contributed by atoms with Crippen molar-refractivity contribution in [3.05, 3.63) is 30.3 Å². The lowest BCUT2D eigenvalue weighted by Crippen LogP contribution is -2.22. The third-order valence-corrected chi connectivity index (χ3v) is 6.18. The van der Waals surface area contributed by atoms with Crippen LogP contribution in [0.2, 0.25) is 0 Å². The Morgan fingerprint density at radius 2 is 1.93 bits per heavy atom. The number of benzene rings is 1. The molecule has 2 atom stereocenters. The molecule has 0 fully saturated rings. The highest BCUT2D eigenvalue weighted by Crippen LogP contribution is 2.57. The summed E-state index contributed by atoms with van der Waals surface area (Å²) in [5.41, 5.74) is 0. The summed E-state index contributed by atoms with van der Waals surface area (Å²) in [5, 5.41) is 0.472. The second-order valence-corrected chi connectivity index (χ2v) is 7.48. The second-order valence-electron chi connectivity index (χ2n) is 3.48. The highest BCUT2D eigenvalue weighted by molar-refractivity contribution is 7.94. The van der Waals surface area contributed by atoms with Crippen molar-refractivity contribution in [2.45, 2.75) is 24.8 Å². The van der Waals surface area contributed by atoms with Crippen LogP contribution in [0.1, 0.15) is 20.3 Å². The zero-order valence-electron chi connectivity index (χ0n) is 8.34. The molecule has 1 aromatic carbocycles. The third kappa shape index (κ3) is 2.05. The molecule has 0 aliphatic rings. The zero-order chi connectivity index (χ0) is 10.8. The first-order valence-corrected chi connectivity index (χ1v) is 6.63. The predicted molar refractivity (Wildman–Crippen MR) is 63.6 cm³/mol. The van der Waals surface area contributed by atoms with E-state index in [0.29, 0.717) is 11.7 Å². The summed E-state index contributed by atoms with van der Waals surface area (Å²) in [6.07, 6.45) is 0.554. The zero-order valence-corrected chi connectivity index (χ0v) is 10.1. The van der Waals surface area contributed by atoms with Gasteiger partial charge in [-0.2, -0.15) is 12.6 Å². The highest BCUT2D eigenvalue weighted by Gasteiger charge is 2.39. The Hall–Kier alpha value is -0.240. The molecule has 0 aromatic heterocycles. The van der Waals surface area contributed by atoms with E-state index < -0.39 is 11.9 Å². The Morgan fingerprint density at radius 3 is 2.36 bits per heavy atom. The summed E-state index contributed by atoms with van der Waals surface area (Å²) >= 11 is 4.27. The second kappa shape index (κ2) is 4.09. The molecule has 2 unspecified atom stereocenters. The molecular weight excluding hydrogens is 215 g/mol. The van der Waals surface area contributed by atoms with Gasteiger partial charge in [0.2, 0.25) is 7.37 Å². The molecule has 14 heavy (non-hydrogen) atoms. The Labute approximate surface area is 90.2 Å². The molecule has 1 rings (SSSR count). The molecule has 0 heterocycles. The van der Waals surface area contributed by atoms with Gasteiger partial charge in [-0.3, -0.25) is 4.57 Å². The maximum Gasteiger partial charge on any atom is 0.244 e. The molecule has 78 valence electrons. The summed E-state index contributed by atoms with van der Waals surface area (Å²) in [7, 11) is -3.38. The van der Waals surface area contributed by atoms with E-state index in [1.807, 2.05) is 13.0 Å². The van der Waals surface area contributed by atoms with Crippen LogP contribution in [0, 0.1) is 0 Å². The molecule has 0 aliphatic heterocycles. The smallest absolute Gasteiger partial charge is 0.244 e. The number of rotatable bonds is 3. The minimum Gasteiger partial charge on any atom is -0.340 e. The molecule has 0 saturated heterocycles. The fourth-order valence-corrected chi connectivity index (χ4v) is 3.03. The Kier molecular flexibility index (Phi) is 3.46. The van der Waals surface area contributed by atoms with E-state index in [0.717, 1.165) is 0 Å². The molecular formula is C10H15O2PS. The average molecular weight is 230 g/mol. The van der Waals surface area contributed by atoms with Gasteiger partial charge >= 0.3 is 0 Å². The average Bonchev–Trinajstić information content (AvgIpc) is 2.19. The van der Waals surface area contributed by atoms with Gasteiger partial charge in [-0.1, -0.05) is 25.1 Å². The largest absolute Gasteiger partial charge is 0.340 e. The first-order chi connectivity index (χ1) is 6.42. The van der Waals surface area contributed by atoms with Crippen molar-refractivity contribution in [2.75, 3.05) is 0 Å². The summed E-state index contributed by atoms with van der Waals surface area (Å²) < 4.78 is 11.3. The molecule has 1 aromatic rings. The van der Waals surface area contributed by atoms with Gasteiger partial charge in [0.15, 0.2) is 0 Å². The van der Waals surface area contributed by atoms with Crippen LogP contribution in [0.15, 0.2) is 30.3 Å². The molecule has 0 saturated carbocycles. The van der Waals surface area contributed by atoms with Crippen molar-refractivity contribution in [3.63, 3.8) is 0 Å². The van der Waals surface area contributed by atoms with E-state index in [1.54, 1.807) is 31.2 Å². The molecule has 0 radical (unpaired) electrons. The minimum atomic E-state index is -3.38. The Bertz CT molecular complexity index is 348. The highest BCUT2D eigenvalue weighted by atomic mass is 32.1. The quantitative estimate of drug-likeness (QED) is 0.618. The van der Waals surface area contributed by atoms with Crippen molar-refractivity contribution >= 4 is 25.3 Å². The van der Waals surface area contributed by atoms with Crippen LogP contribution in [0.3, 0.4) is 0 Å². The first-order valence-electron chi connectivity index (χ1n) is 4.52. The number of thiol groups is 1. The van der Waals surface area contributed by atoms with E-state index in [-0.39, 0.29) is 0 Å². The van der Waals surface area contributed by atoms with Crippen LogP contribution in [-0.2, 0) is 4.57 Å². The summed E-state index contributed by atoms with van der Waals surface area (Å²) in [6.45, 7) is 3.56. The molecule has 0 amide bonds. The molecule has 0 spiro atoms. The topological polar surface area (TPSA) is 37.3 Å². The van der Waals surface area contributed by atoms with E-state index in [2.05, 4.69) is 12.6 Å². The van der Waals surface area contributed by atoms with Crippen LogP contribution < -0.4 is 5.30 Å². The van der Waals surface area contributed by atoms with Crippen LogP contribution in [0.5, 0.6) is 0 Å². The first kappa shape index (κ1) is 11.8. The lowest BCUT2D eigenvalue weighted by atomic mass is 10.3. The lowest BCUT2D eigenvalue weighted by molar-refractivity contribution is 0.470. The summed E-state index contributed by atoms with van der Waals surface area (Å²) in [5.74, 6) is 0. The lowest BCUT2D eigenvalue weighted by Gasteiger charge is -2.28. The van der Waals surface area contributed by atoms with Crippen LogP contribution >= 0.6 is 20.0 Å². The third-order valence-electron chi connectivity index (χ3n) is 2.43. The van der Waals surface area contributed by atoms with Gasteiger partial charge in [-0.05, 0) is 25.5 Å². The van der Waals surface area contributed by atoms with Crippen LogP contribution in [0.25, 0.3) is 0 Å². The van der Waals surface area contributed by atoms with Crippen molar-refractivity contribution in [3.8, 4) is 0 Å². The standard InChI is InChI=1S/C10H15O2PS/c1-3-10(2,14)13(11,12)9-7-5-4-6-8-9/h4-8,14H,3H2,1-2H3,(H,11,12). The van der Waals surface area contributed by atoms with E-state index in [1.165, 1.54) is 0 Å². The summed E-state index contributed by atoms with van der Waals surface area (Å²) in [6, 6.07) is 8.69. The van der Waals surface area contributed by atoms with Gasteiger partial charge in [0.05, 0.1) is 4.49 Å².